The summed E-state index contributed by atoms with van der Waals surface area (Å²) < 4.78 is 5.43. The monoisotopic (exact) mass is 314 g/mol. The van der Waals surface area contributed by atoms with Crippen LogP contribution in [-0.4, -0.2) is 55.2 Å². The summed E-state index contributed by atoms with van der Waals surface area (Å²) in [6, 6.07) is 16.0. The summed E-state index contributed by atoms with van der Waals surface area (Å²) >= 11 is 1.93. The molecule has 1 aromatic carbocycles. The third kappa shape index (κ3) is 3.10. The third-order valence-electron chi connectivity index (χ3n) is 4.60. The molecule has 0 bridgehead atoms. The Labute approximate surface area is 136 Å². The van der Waals surface area contributed by atoms with Crippen LogP contribution in [0.1, 0.15) is 4.88 Å². The minimum Gasteiger partial charge on any atom is -0.379 e. The van der Waals surface area contributed by atoms with Gasteiger partial charge in [0, 0.05) is 48.5 Å². The maximum Gasteiger partial charge on any atom is 0.0594 e. The summed E-state index contributed by atoms with van der Waals surface area (Å²) in [5.41, 5.74) is 1.33. The van der Waals surface area contributed by atoms with Gasteiger partial charge in [-0.15, -0.1) is 11.3 Å². The standard InChI is InChI=1S/C18H22N2OS/c1-2-4-15(5-3-1)18-7-6-17(22-18)14-19-12-16(13-19)20-8-10-21-11-9-20/h1-7,16H,8-14H2. The fourth-order valence-corrected chi connectivity index (χ4v) is 4.34. The molecular formula is C18H22N2OS. The largest absolute Gasteiger partial charge is 0.379 e. The number of benzene rings is 1. The summed E-state index contributed by atoms with van der Waals surface area (Å²) in [4.78, 5) is 7.99. The predicted molar refractivity (Wildman–Crippen MR) is 91.2 cm³/mol. The lowest BCUT2D eigenvalue weighted by Crippen LogP contribution is -2.60. The van der Waals surface area contributed by atoms with Crippen LogP contribution < -0.4 is 0 Å². The molecule has 2 aliphatic rings. The Bertz CT molecular complexity index is 601. The summed E-state index contributed by atoms with van der Waals surface area (Å²) in [5, 5.41) is 0. The van der Waals surface area contributed by atoms with Gasteiger partial charge in [0.25, 0.3) is 0 Å². The molecule has 2 aliphatic heterocycles. The quantitative estimate of drug-likeness (QED) is 0.863. The van der Waals surface area contributed by atoms with Crippen molar-refractivity contribution in [2.45, 2.75) is 12.6 Å². The van der Waals surface area contributed by atoms with Crippen LogP contribution in [0.4, 0.5) is 0 Å². The second-order valence-corrected chi connectivity index (χ2v) is 7.30. The van der Waals surface area contributed by atoms with Gasteiger partial charge >= 0.3 is 0 Å². The molecule has 1 aromatic heterocycles. The van der Waals surface area contributed by atoms with Gasteiger partial charge in [-0.05, 0) is 17.7 Å². The Kier molecular flexibility index (Phi) is 4.26. The molecule has 2 fully saturated rings. The molecule has 0 radical (unpaired) electrons. The van der Waals surface area contributed by atoms with Crippen LogP contribution in [0, 0.1) is 0 Å². The van der Waals surface area contributed by atoms with E-state index >= 15 is 0 Å². The second kappa shape index (κ2) is 6.50. The van der Waals surface area contributed by atoms with Crippen LogP contribution in [0.25, 0.3) is 10.4 Å². The van der Waals surface area contributed by atoms with Gasteiger partial charge in [0.2, 0.25) is 0 Å². The molecule has 3 nitrogen and oxygen atoms in total. The Morgan fingerprint density at radius 2 is 1.77 bits per heavy atom. The Hall–Kier alpha value is -1.20. The van der Waals surface area contributed by atoms with E-state index in [9.17, 15) is 0 Å². The minimum atomic E-state index is 0.748. The van der Waals surface area contributed by atoms with Gasteiger partial charge in [-0.2, -0.15) is 0 Å². The highest BCUT2D eigenvalue weighted by Gasteiger charge is 2.32. The van der Waals surface area contributed by atoms with E-state index in [0.717, 1.165) is 38.9 Å². The highest BCUT2D eigenvalue weighted by atomic mass is 32.1. The second-order valence-electron chi connectivity index (χ2n) is 6.13. The van der Waals surface area contributed by atoms with Crippen LogP contribution in [0.15, 0.2) is 42.5 Å². The van der Waals surface area contributed by atoms with E-state index in [1.165, 1.54) is 28.4 Å². The van der Waals surface area contributed by atoms with Gasteiger partial charge in [-0.3, -0.25) is 9.80 Å². The fourth-order valence-electron chi connectivity index (χ4n) is 3.29. The van der Waals surface area contributed by atoms with Crippen LogP contribution in [-0.2, 0) is 11.3 Å². The van der Waals surface area contributed by atoms with Gasteiger partial charge < -0.3 is 4.74 Å². The van der Waals surface area contributed by atoms with Crippen molar-refractivity contribution in [3.05, 3.63) is 47.3 Å². The van der Waals surface area contributed by atoms with Crippen molar-refractivity contribution in [1.29, 1.82) is 0 Å². The first-order valence-corrected chi connectivity index (χ1v) is 8.88. The zero-order valence-corrected chi connectivity index (χ0v) is 13.6. The molecule has 0 saturated carbocycles. The van der Waals surface area contributed by atoms with E-state index in [4.69, 9.17) is 4.74 Å². The Balaban J connectivity index is 1.31. The summed E-state index contributed by atoms with van der Waals surface area (Å²) in [6.07, 6.45) is 0. The lowest BCUT2D eigenvalue weighted by Gasteiger charge is -2.46. The molecule has 3 heterocycles. The number of rotatable bonds is 4. The molecule has 0 N–H and O–H groups in total. The molecule has 4 heteroatoms. The lowest BCUT2D eigenvalue weighted by atomic mass is 10.1. The van der Waals surface area contributed by atoms with Gasteiger partial charge in [-0.25, -0.2) is 0 Å². The van der Waals surface area contributed by atoms with E-state index in [0.29, 0.717) is 0 Å². The topological polar surface area (TPSA) is 15.7 Å². The van der Waals surface area contributed by atoms with E-state index in [1.54, 1.807) is 0 Å². The van der Waals surface area contributed by atoms with E-state index < -0.39 is 0 Å². The van der Waals surface area contributed by atoms with Crippen molar-refractivity contribution < 1.29 is 4.74 Å². The number of thiophene rings is 1. The lowest BCUT2D eigenvalue weighted by molar-refractivity contribution is -0.0341. The number of morpholine rings is 1. The predicted octanol–water partition coefficient (Wildman–Crippen LogP) is 2.93. The molecule has 0 atom stereocenters. The van der Waals surface area contributed by atoms with Gasteiger partial charge in [0.15, 0.2) is 0 Å². The molecule has 0 amide bonds. The number of hydrogen-bond acceptors (Lipinski definition) is 4. The van der Waals surface area contributed by atoms with Crippen LogP contribution in [0.2, 0.25) is 0 Å². The Morgan fingerprint density at radius 3 is 2.55 bits per heavy atom. The molecule has 2 aromatic rings. The maximum atomic E-state index is 5.43. The van der Waals surface area contributed by atoms with Crippen molar-refractivity contribution in [1.82, 2.24) is 9.80 Å². The number of hydrogen-bond donors (Lipinski definition) is 0. The maximum absolute atomic E-state index is 5.43. The first-order chi connectivity index (χ1) is 10.9. The fraction of sp³-hybridized carbons (Fsp3) is 0.444. The van der Waals surface area contributed by atoms with Gasteiger partial charge in [0.1, 0.15) is 0 Å². The van der Waals surface area contributed by atoms with Crippen molar-refractivity contribution in [2.75, 3.05) is 39.4 Å². The SMILES string of the molecule is c1ccc(-c2ccc(CN3CC(N4CCOCC4)C3)s2)cc1. The van der Waals surface area contributed by atoms with E-state index in [-0.39, 0.29) is 0 Å². The van der Waals surface area contributed by atoms with E-state index in [1.807, 2.05) is 11.3 Å². The summed E-state index contributed by atoms with van der Waals surface area (Å²) in [6.45, 7) is 7.53. The Morgan fingerprint density at radius 1 is 1.00 bits per heavy atom. The zero-order chi connectivity index (χ0) is 14.8. The van der Waals surface area contributed by atoms with Crippen molar-refractivity contribution >= 4 is 11.3 Å². The molecule has 2 saturated heterocycles. The first-order valence-electron chi connectivity index (χ1n) is 8.07. The number of likely N-dealkylation sites (tertiary alicyclic amines) is 1. The van der Waals surface area contributed by atoms with Crippen molar-refractivity contribution in [3.63, 3.8) is 0 Å². The highest BCUT2D eigenvalue weighted by Crippen LogP contribution is 2.29. The molecule has 22 heavy (non-hydrogen) atoms. The van der Waals surface area contributed by atoms with Gasteiger partial charge in [-0.1, -0.05) is 30.3 Å². The molecule has 116 valence electrons. The van der Waals surface area contributed by atoms with Crippen LogP contribution >= 0.6 is 11.3 Å². The van der Waals surface area contributed by atoms with Gasteiger partial charge in [0.05, 0.1) is 13.2 Å². The smallest absolute Gasteiger partial charge is 0.0594 e. The molecule has 0 spiro atoms. The molecule has 0 aliphatic carbocycles. The van der Waals surface area contributed by atoms with Crippen molar-refractivity contribution in [3.8, 4) is 10.4 Å². The first kappa shape index (κ1) is 14.4. The third-order valence-corrected chi connectivity index (χ3v) is 5.72. The van der Waals surface area contributed by atoms with Crippen LogP contribution in [0.3, 0.4) is 0 Å². The highest BCUT2D eigenvalue weighted by molar-refractivity contribution is 7.15. The molecular weight excluding hydrogens is 292 g/mol. The normalized spacial score (nSPS) is 20.9. The average molecular weight is 314 g/mol. The molecule has 0 unspecified atom stereocenters. The summed E-state index contributed by atoms with van der Waals surface area (Å²) in [5.74, 6) is 0. The van der Waals surface area contributed by atoms with E-state index in [2.05, 4.69) is 52.3 Å². The minimum absolute atomic E-state index is 0.748. The summed E-state index contributed by atoms with van der Waals surface area (Å²) in [7, 11) is 0. The molecule has 4 rings (SSSR count). The van der Waals surface area contributed by atoms with Crippen LogP contribution in [0.5, 0.6) is 0 Å². The number of nitrogens with zero attached hydrogens (tertiary/aromatic N) is 2. The zero-order valence-electron chi connectivity index (χ0n) is 12.8. The number of ether oxygens (including phenoxy) is 1. The van der Waals surface area contributed by atoms with Crippen molar-refractivity contribution in [2.24, 2.45) is 0 Å². The average Bonchev–Trinajstić information content (AvgIpc) is 3.01.